The molecule has 0 amide bonds. The van der Waals surface area contributed by atoms with Gasteiger partial charge in [-0.3, -0.25) is 9.78 Å². The lowest BCUT2D eigenvalue weighted by molar-refractivity contribution is -0.984. The predicted octanol–water partition coefficient (Wildman–Crippen LogP) is 6.96. The molecule has 6 bridgehead atoms. The highest BCUT2D eigenvalue weighted by atomic mass is 35.5. The Morgan fingerprint density at radius 1 is 0.860 bits per heavy atom. The van der Waals surface area contributed by atoms with Gasteiger partial charge in [-0.25, -0.2) is 0 Å². The number of rotatable bonds is 7. The van der Waals surface area contributed by atoms with Crippen LogP contribution >= 0.6 is 0 Å². The van der Waals surface area contributed by atoms with Crippen LogP contribution in [0.1, 0.15) is 68.6 Å². The molecule has 12 rings (SSSR count). The summed E-state index contributed by atoms with van der Waals surface area (Å²) in [6, 6.07) is 31.0. The summed E-state index contributed by atoms with van der Waals surface area (Å²) in [6.07, 6.45) is 13.1. The molecule has 0 N–H and O–H groups in total. The molecule has 3 aliphatic heterocycles. The molecular formula is C45H47ClN2O2. The molecule has 4 heterocycles. The van der Waals surface area contributed by atoms with E-state index in [1.165, 1.54) is 52.8 Å². The summed E-state index contributed by atoms with van der Waals surface area (Å²) < 4.78 is 8.14. The Hall–Kier alpha value is -3.73. The number of halogens is 1. The van der Waals surface area contributed by atoms with E-state index in [-0.39, 0.29) is 35.9 Å². The van der Waals surface area contributed by atoms with Gasteiger partial charge in [0, 0.05) is 41.5 Å². The molecule has 50 heavy (non-hydrogen) atoms. The lowest BCUT2D eigenvalue weighted by Gasteiger charge is -2.59. The molecule has 5 aromatic rings. The normalized spacial score (nSPS) is 33.0. The predicted molar refractivity (Wildman–Crippen MR) is 197 cm³/mol. The second-order valence-electron chi connectivity index (χ2n) is 16.8. The Labute approximate surface area is 301 Å². The Morgan fingerprint density at radius 3 is 2.14 bits per heavy atom. The van der Waals surface area contributed by atoms with Gasteiger partial charge in [0.1, 0.15) is 12.6 Å². The highest BCUT2D eigenvalue weighted by Gasteiger charge is 2.59. The van der Waals surface area contributed by atoms with Gasteiger partial charge in [0.15, 0.2) is 6.10 Å². The van der Waals surface area contributed by atoms with E-state index in [1.54, 1.807) is 0 Å². The van der Waals surface area contributed by atoms with Crippen molar-refractivity contribution >= 4 is 38.4 Å². The largest absolute Gasteiger partial charge is 1.00 e. The Kier molecular flexibility index (Phi) is 7.86. The zero-order chi connectivity index (χ0) is 32.7. The van der Waals surface area contributed by atoms with Gasteiger partial charge in [-0.1, -0.05) is 72.8 Å². The van der Waals surface area contributed by atoms with E-state index in [1.807, 2.05) is 6.20 Å². The van der Waals surface area contributed by atoms with Crippen molar-refractivity contribution in [1.29, 1.82) is 0 Å². The number of pyridine rings is 1. The van der Waals surface area contributed by atoms with Crippen LogP contribution in [0.2, 0.25) is 0 Å². The Bertz CT molecular complexity index is 2030. The van der Waals surface area contributed by atoms with Crippen molar-refractivity contribution in [1.82, 2.24) is 4.98 Å². The molecule has 7 aliphatic rings. The van der Waals surface area contributed by atoms with E-state index in [2.05, 4.69) is 97.6 Å². The molecule has 4 saturated carbocycles. The van der Waals surface area contributed by atoms with Crippen LogP contribution in [0.5, 0.6) is 0 Å². The first-order chi connectivity index (χ1) is 24.0. The first kappa shape index (κ1) is 32.2. The van der Waals surface area contributed by atoms with E-state index in [4.69, 9.17) is 9.72 Å². The third-order valence-electron chi connectivity index (χ3n) is 14.1. The minimum atomic E-state index is -0.330. The number of esters is 1. The van der Waals surface area contributed by atoms with Crippen molar-refractivity contribution < 1.29 is 26.4 Å². The number of aromatic nitrogens is 1. The molecule has 4 aliphatic carbocycles. The average molecular weight is 683 g/mol. The number of piperidine rings is 3. The van der Waals surface area contributed by atoms with Gasteiger partial charge in [-0.05, 0) is 102 Å². The fourth-order valence-corrected chi connectivity index (χ4v) is 12.3. The average Bonchev–Trinajstić information content (AvgIpc) is 3.13. The van der Waals surface area contributed by atoms with Crippen LogP contribution in [-0.4, -0.2) is 34.6 Å². The number of hydrogen-bond donors (Lipinski definition) is 0. The van der Waals surface area contributed by atoms with Crippen LogP contribution in [0.15, 0.2) is 104 Å². The van der Waals surface area contributed by atoms with Crippen LogP contribution < -0.4 is 12.4 Å². The van der Waals surface area contributed by atoms with E-state index < -0.39 is 0 Å². The maximum atomic E-state index is 14.9. The molecule has 0 radical (unpaired) electrons. The number of fused-ring (bicyclic) bond motifs is 6. The maximum absolute atomic E-state index is 14.9. The number of para-hydroxylation sites is 1. The highest BCUT2D eigenvalue weighted by molar-refractivity contribution is 6.02. The topological polar surface area (TPSA) is 39.2 Å². The van der Waals surface area contributed by atoms with E-state index in [0.717, 1.165) is 66.3 Å². The monoisotopic (exact) mass is 682 g/mol. The number of nitrogens with zero attached hydrogens (tertiary/aromatic N) is 2. The quantitative estimate of drug-likeness (QED) is 0.0807. The lowest BCUT2D eigenvalue weighted by Crippen LogP contribution is -3.00. The molecule has 4 aromatic carbocycles. The van der Waals surface area contributed by atoms with Crippen LogP contribution in [0.3, 0.4) is 0 Å². The molecular weight excluding hydrogens is 636 g/mol. The first-order valence-electron chi connectivity index (χ1n) is 18.9. The summed E-state index contributed by atoms with van der Waals surface area (Å²) >= 11 is 0. The summed E-state index contributed by atoms with van der Waals surface area (Å²) in [7, 11) is 0. The minimum absolute atomic E-state index is 0. The van der Waals surface area contributed by atoms with Crippen molar-refractivity contribution in [2.45, 2.75) is 70.1 Å². The minimum Gasteiger partial charge on any atom is -1.00 e. The second kappa shape index (κ2) is 12.2. The van der Waals surface area contributed by atoms with Crippen LogP contribution in [-0.2, 0) is 16.1 Å². The fourth-order valence-electron chi connectivity index (χ4n) is 12.3. The fraction of sp³-hybridized carbons (Fsp3) is 0.422. The van der Waals surface area contributed by atoms with Gasteiger partial charge in [0.2, 0.25) is 0 Å². The van der Waals surface area contributed by atoms with E-state index in [0.29, 0.717) is 29.6 Å². The number of quaternary nitrogens is 1. The van der Waals surface area contributed by atoms with Gasteiger partial charge in [0.25, 0.3) is 0 Å². The molecule has 5 atom stereocenters. The molecule has 5 heteroatoms. The highest BCUT2D eigenvalue weighted by Crippen LogP contribution is 2.61. The van der Waals surface area contributed by atoms with Crippen molar-refractivity contribution in [3.05, 3.63) is 115 Å². The number of benzene rings is 4. The zero-order valence-electron chi connectivity index (χ0n) is 28.9. The number of ether oxygens (including phenoxy) is 1. The number of hydrogen-bond acceptors (Lipinski definition) is 3. The van der Waals surface area contributed by atoms with Gasteiger partial charge < -0.3 is 21.6 Å². The molecule has 1 aromatic heterocycles. The van der Waals surface area contributed by atoms with Gasteiger partial charge in [0.05, 0.1) is 24.0 Å². The third kappa shape index (κ3) is 5.04. The Morgan fingerprint density at radius 2 is 1.48 bits per heavy atom. The van der Waals surface area contributed by atoms with Crippen LogP contribution in [0.4, 0.5) is 0 Å². The SMILES string of the molecule is C=C[C@H]1C[N+]2(Cc3c4ccccc4cc4ccccc34)CC[C@H]1C[C@@H]2[C@@H](OC(=O)C12CC3CC(CC(C3)C1)C2)c1ccnc2ccccc12.[Cl-]. The van der Waals surface area contributed by atoms with Crippen LogP contribution in [0.25, 0.3) is 32.4 Å². The number of carbonyl (C=O) groups excluding carboxylic acids is 1. The third-order valence-corrected chi connectivity index (χ3v) is 14.1. The molecule has 0 spiro atoms. The van der Waals surface area contributed by atoms with Gasteiger partial charge in [-0.2, -0.15) is 0 Å². The zero-order valence-corrected chi connectivity index (χ0v) is 29.6. The van der Waals surface area contributed by atoms with Crippen LogP contribution in [0, 0.1) is 35.0 Å². The molecule has 4 nitrogen and oxygen atoms in total. The summed E-state index contributed by atoms with van der Waals surface area (Å²) in [5, 5.41) is 6.38. The second-order valence-corrected chi connectivity index (χ2v) is 16.8. The smallest absolute Gasteiger partial charge is 0.312 e. The molecule has 256 valence electrons. The maximum Gasteiger partial charge on any atom is 0.312 e. The van der Waals surface area contributed by atoms with E-state index >= 15 is 0 Å². The van der Waals surface area contributed by atoms with Crippen molar-refractivity contribution in [3.63, 3.8) is 0 Å². The summed E-state index contributed by atoms with van der Waals surface area (Å²) in [5.41, 5.74) is 3.23. The molecule has 3 saturated heterocycles. The van der Waals surface area contributed by atoms with E-state index in [9.17, 15) is 4.79 Å². The Balaban J connectivity index is 0.00000336. The lowest BCUT2D eigenvalue weighted by atomic mass is 9.49. The van der Waals surface area contributed by atoms with Crippen molar-refractivity contribution in [2.75, 3.05) is 13.1 Å². The van der Waals surface area contributed by atoms with Gasteiger partial charge in [-0.15, -0.1) is 6.58 Å². The van der Waals surface area contributed by atoms with Crippen molar-refractivity contribution in [3.8, 4) is 0 Å². The molecule has 1 unspecified atom stereocenters. The van der Waals surface area contributed by atoms with Crippen molar-refractivity contribution in [2.24, 2.45) is 35.0 Å². The molecule has 7 fully saturated rings. The summed E-state index contributed by atoms with van der Waals surface area (Å²) in [6.45, 7) is 7.40. The first-order valence-corrected chi connectivity index (χ1v) is 18.9. The summed E-state index contributed by atoms with van der Waals surface area (Å²) in [5.74, 6) is 3.19. The number of carbonyl (C=O) groups is 1. The standard InChI is InChI=1S/C45H47N2O2.ClH/c1-2-32-27-47(28-40-36-11-5-3-9-34(36)22-35-10-4-6-12-37(35)40)18-16-33(32)23-42(47)43(39-15-17-46-41-14-8-7-13-38(39)41)49-44(48)45-24-29-19-30(25-45)21-31(20-29)26-45;/h2-15,17,22,29-33,42-43H,1,16,18-21,23-28H2;1H/q+1;/p-1/t29?,30?,31?,32-,33-,42+,43-,45?,47?;/m0./s1. The summed E-state index contributed by atoms with van der Waals surface area (Å²) in [4.78, 5) is 19.7. The van der Waals surface area contributed by atoms with Gasteiger partial charge >= 0.3 is 5.97 Å².